The molecule has 152 valence electrons. The van der Waals surface area contributed by atoms with E-state index in [2.05, 4.69) is 22.3 Å². The summed E-state index contributed by atoms with van der Waals surface area (Å²) in [5.41, 5.74) is 1.95. The van der Waals surface area contributed by atoms with E-state index in [0.717, 1.165) is 24.2 Å². The van der Waals surface area contributed by atoms with Crippen LogP contribution < -0.4 is 10.2 Å². The summed E-state index contributed by atoms with van der Waals surface area (Å²) >= 11 is 0. The summed E-state index contributed by atoms with van der Waals surface area (Å²) in [4.78, 5) is 24.0. The van der Waals surface area contributed by atoms with Crippen molar-refractivity contribution in [3.63, 3.8) is 0 Å². The van der Waals surface area contributed by atoms with Crippen LogP contribution in [0.2, 0.25) is 0 Å². The number of nitrogens with zero attached hydrogens (tertiary/aromatic N) is 5. The molecule has 1 N–H and O–H groups in total. The summed E-state index contributed by atoms with van der Waals surface area (Å²) in [5, 5.41) is 7.33. The molecule has 29 heavy (non-hydrogen) atoms. The molecule has 0 fully saturated rings. The molecule has 7 nitrogen and oxygen atoms in total. The largest absolute Gasteiger partial charge is 0.347 e. The third-order valence-corrected chi connectivity index (χ3v) is 5.25. The Labute approximate surface area is 169 Å². The molecular formula is C21H25FN6O. The highest BCUT2D eigenvalue weighted by molar-refractivity contribution is 6.00. The second-order valence-corrected chi connectivity index (χ2v) is 8.07. The molecule has 0 aliphatic carbocycles. The van der Waals surface area contributed by atoms with Gasteiger partial charge in [0.25, 0.3) is 5.91 Å². The van der Waals surface area contributed by atoms with Gasteiger partial charge in [-0.05, 0) is 39.2 Å². The summed E-state index contributed by atoms with van der Waals surface area (Å²) in [6.07, 6.45) is 7.74. The number of aromatic nitrogens is 4. The lowest BCUT2D eigenvalue weighted by atomic mass is 9.95. The number of hydrogen-bond donors (Lipinski definition) is 1. The van der Waals surface area contributed by atoms with Crippen molar-refractivity contribution >= 4 is 23.1 Å². The fourth-order valence-electron chi connectivity index (χ4n) is 3.60. The van der Waals surface area contributed by atoms with Crippen molar-refractivity contribution in [2.24, 2.45) is 0 Å². The second-order valence-electron chi connectivity index (χ2n) is 8.07. The number of aryl methyl sites for hydroxylation is 1. The molecule has 8 heteroatoms. The van der Waals surface area contributed by atoms with E-state index in [1.807, 2.05) is 24.8 Å². The van der Waals surface area contributed by atoms with E-state index in [1.54, 1.807) is 10.7 Å². The molecule has 3 aromatic heterocycles. The maximum Gasteiger partial charge on any atom is 0.257 e. The van der Waals surface area contributed by atoms with Crippen LogP contribution in [0.1, 0.15) is 56.1 Å². The van der Waals surface area contributed by atoms with E-state index >= 15 is 0 Å². The van der Waals surface area contributed by atoms with Gasteiger partial charge >= 0.3 is 0 Å². The Morgan fingerprint density at radius 3 is 2.93 bits per heavy atom. The molecule has 1 aliphatic heterocycles. The lowest BCUT2D eigenvalue weighted by Gasteiger charge is -2.29. The smallest absolute Gasteiger partial charge is 0.257 e. The summed E-state index contributed by atoms with van der Waals surface area (Å²) in [7, 11) is 0. The van der Waals surface area contributed by atoms with Crippen LogP contribution in [-0.4, -0.2) is 37.6 Å². The summed E-state index contributed by atoms with van der Waals surface area (Å²) < 4.78 is 15.8. The first-order valence-corrected chi connectivity index (χ1v) is 9.97. The maximum absolute atomic E-state index is 14.2. The summed E-state index contributed by atoms with van der Waals surface area (Å²) in [6.45, 7) is 6.73. The van der Waals surface area contributed by atoms with Crippen LogP contribution in [0.4, 0.5) is 15.9 Å². The number of halogens is 1. The lowest BCUT2D eigenvalue weighted by Crippen LogP contribution is -2.44. The molecule has 1 aliphatic rings. The zero-order chi connectivity index (χ0) is 20.6. The predicted octanol–water partition coefficient (Wildman–Crippen LogP) is 3.66. The fourth-order valence-corrected chi connectivity index (χ4v) is 3.60. The molecule has 0 unspecified atom stereocenters. The number of amides is 1. The van der Waals surface area contributed by atoms with Crippen molar-refractivity contribution in [2.75, 3.05) is 11.4 Å². The lowest BCUT2D eigenvalue weighted by molar-refractivity contribution is 0.0910. The quantitative estimate of drug-likeness (QED) is 0.731. The Kier molecular flexibility index (Phi) is 4.94. The highest BCUT2D eigenvalue weighted by Gasteiger charge is 2.27. The van der Waals surface area contributed by atoms with Crippen molar-refractivity contribution in [3.05, 3.63) is 47.8 Å². The van der Waals surface area contributed by atoms with Crippen LogP contribution in [0.5, 0.6) is 0 Å². The van der Waals surface area contributed by atoms with Gasteiger partial charge in [-0.25, -0.2) is 13.9 Å². The standard InChI is InChI=1S/C21H25FN6O/c1-4-5-9-27-17-11-14(22)12-23-16(17)6-8-21(2,3)26-20(29)15-13-24-28-10-7-18(27)25-19(15)28/h7,10-13H,4-6,8-9H2,1-3H3,(H,26,29). The van der Waals surface area contributed by atoms with Gasteiger partial charge in [-0.3, -0.25) is 9.78 Å². The Morgan fingerprint density at radius 2 is 2.14 bits per heavy atom. The molecule has 0 radical (unpaired) electrons. The number of carbonyl (C=O) groups is 1. The summed E-state index contributed by atoms with van der Waals surface area (Å²) in [6, 6.07) is 3.36. The predicted molar refractivity (Wildman–Crippen MR) is 109 cm³/mol. The first-order chi connectivity index (χ1) is 13.9. The molecule has 0 aromatic carbocycles. The molecule has 3 aromatic rings. The van der Waals surface area contributed by atoms with Crippen LogP contribution in [-0.2, 0) is 6.42 Å². The molecule has 0 saturated carbocycles. The van der Waals surface area contributed by atoms with E-state index < -0.39 is 5.54 Å². The number of pyridine rings is 1. The molecule has 4 rings (SSSR count). The van der Waals surface area contributed by atoms with Gasteiger partial charge in [-0.15, -0.1) is 0 Å². The third-order valence-electron chi connectivity index (χ3n) is 5.25. The minimum atomic E-state index is -0.469. The summed E-state index contributed by atoms with van der Waals surface area (Å²) in [5.74, 6) is 0.0626. The molecule has 0 atom stereocenters. The van der Waals surface area contributed by atoms with E-state index in [1.165, 1.54) is 18.5 Å². The molecule has 2 bridgehead atoms. The SMILES string of the molecule is CCCCN1c2ccn3ncc(c3n2)C(=O)NC(C)(C)CCc2ncc(F)cc21. The number of fused-ring (bicyclic) bond motifs is 2. The van der Waals surface area contributed by atoms with Gasteiger partial charge in [0.15, 0.2) is 5.65 Å². The topological polar surface area (TPSA) is 75.4 Å². The van der Waals surface area contributed by atoms with Crippen molar-refractivity contribution in [1.82, 2.24) is 24.9 Å². The molecule has 0 saturated heterocycles. The normalized spacial score (nSPS) is 16.3. The zero-order valence-corrected chi connectivity index (χ0v) is 16.9. The monoisotopic (exact) mass is 396 g/mol. The van der Waals surface area contributed by atoms with Gasteiger partial charge < -0.3 is 10.2 Å². The van der Waals surface area contributed by atoms with E-state index in [9.17, 15) is 9.18 Å². The highest BCUT2D eigenvalue weighted by atomic mass is 19.1. The third kappa shape index (κ3) is 3.79. The number of nitrogens with one attached hydrogen (secondary N) is 1. The molecule has 4 heterocycles. The van der Waals surface area contributed by atoms with Crippen LogP contribution in [0.25, 0.3) is 5.65 Å². The minimum Gasteiger partial charge on any atom is -0.347 e. The first kappa shape index (κ1) is 19.3. The van der Waals surface area contributed by atoms with Gasteiger partial charge in [-0.2, -0.15) is 5.10 Å². The minimum absolute atomic E-state index is 0.206. The molecule has 1 amide bonds. The number of carbonyl (C=O) groups excluding carboxylic acids is 1. The number of hydrogen-bond acceptors (Lipinski definition) is 5. The average molecular weight is 396 g/mol. The van der Waals surface area contributed by atoms with Crippen LogP contribution >= 0.6 is 0 Å². The van der Waals surface area contributed by atoms with E-state index in [-0.39, 0.29) is 11.7 Å². The van der Waals surface area contributed by atoms with Gasteiger partial charge in [0.05, 0.1) is 23.8 Å². The van der Waals surface area contributed by atoms with E-state index in [4.69, 9.17) is 4.98 Å². The average Bonchev–Trinajstić information content (AvgIpc) is 3.10. The van der Waals surface area contributed by atoms with Gasteiger partial charge in [0.1, 0.15) is 17.2 Å². The Bertz CT molecular complexity index is 1060. The molecule has 0 spiro atoms. The number of rotatable bonds is 3. The van der Waals surface area contributed by atoms with Crippen molar-refractivity contribution in [1.29, 1.82) is 0 Å². The fraction of sp³-hybridized carbons (Fsp3) is 0.429. The van der Waals surface area contributed by atoms with Gasteiger partial charge in [-0.1, -0.05) is 13.3 Å². The van der Waals surface area contributed by atoms with E-state index in [0.29, 0.717) is 36.4 Å². The van der Waals surface area contributed by atoms with Crippen LogP contribution in [0.15, 0.2) is 30.7 Å². The Balaban J connectivity index is 1.94. The second kappa shape index (κ2) is 7.42. The first-order valence-electron chi connectivity index (χ1n) is 9.97. The zero-order valence-electron chi connectivity index (χ0n) is 16.9. The van der Waals surface area contributed by atoms with Gasteiger partial charge in [0.2, 0.25) is 0 Å². The molecular weight excluding hydrogens is 371 g/mol. The van der Waals surface area contributed by atoms with Crippen molar-refractivity contribution in [2.45, 2.75) is 52.0 Å². The number of anilines is 2. The van der Waals surface area contributed by atoms with Crippen molar-refractivity contribution in [3.8, 4) is 0 Å². The number of unbranched alkanes of at least 4 members (excludes halogenated alkanes) is 1. The van der Waals surface area contributed by atoms with Crippen molar-refractivity contribution < 1.29 is 9.18 Å². The maximum atomic E-state index is 14.2. The van der Waals surface area contributed by atoms with Crippen LogP contribution in [0.3, 0.4) is 0 Å². The van der Waals surface area contributed by atoms with Gasteiger partial charge in [0, 0.05) is 24.3 Å². The van der Waals surface area contributed by atoms with Crippen LogP contribution in [0, 0.1) is 5.82 Å². The Hall–Kier alpha value is -3.03. The highest BCUT2D eigenvalue weighted by Crippen LogP contribution is 2.30. The Morgan fingerprint density at radius 1 is 1.31 bits per heavy atom.